The number of imidazole rings is 2. The van der Waals surface area contributed by atoms with Crippen LogP contribution >= 0.6 is 0 Å². The van der Waals surface area contributed by atoms with Gasteiger partial charge in [0.15, 0.2) is 0 Å². The first-order valence-corrected chi connectivity index (χ1v) is 22.7. The molecule has 6 atom stereocenters. The molecule has 0 bridgehead atoms. The summed E-state index contributed by atoms with van der Waals surface area (Å²) < 4.78 is 4.82. The van der Waals surface area contributed by atoms with E-state index in [0.29, 0.717) is 18.9 Å². The van der Waals surface area contributed by atoms with E-state index in [2.05, 4.69) is 88.7 Å². The minimum atomic E-state index is -1.21. The van der Waals surface area contributed by atoms with Gasteiger partial charge in [-0.1, -0.05) is 60.6 Å². The van der Waals surface area contributed by atoms with E-state index in [1.54, 1.807) is 4.90 Å². The zero-order valence-corrected chi connectivity index (χ0v) is 38.1. The molecule has 64 heavy (non-hydrogen) atoms. The van der Waals surface area contributed by atoms with Crippen molar-refractivity contribution in [3.63, 3.8) is 0 Å². The number of rotatable bonds is 11. The monoisotopic (exact) mass is 874 g/mol. The number of carbonyl (C=O) groups is 4. The summed E-state index contributed by atoms with van der Waals surface area (Å²) in [5.74, 6) is 0.723. The standard InChI is InChI=1S/C48H62N10O6/c1-26(2)40(54-46(61)62)44(59)56-21-9-11-37(56)42-50-31-16-13-28(23-33(31)52-42)35-18-19-36(58(35)30-15-20-39(49-25-30)48(5,6)7)29-14-17-32-34(24-29)53-43(51-32)38-12-10-22-57(38)45(60)41(27(3)4)55-47(63)64-8/h13-17,20,23-27,35-38,40-41,54H,9-12,18-19,21-22H2,1-8H3,(H,50,52)(H,51,53)(H,55,63)(H,61,62)/t35-,36-,37+,38+,40+,41+/m1/s1. The lowest BCUT2D eigenvalue weighted by molar-refractivity contribution is -0.136. The maximum atomic E-state index is 13.9. The van der Waals surface area contributed by atoms with E-state index < -0.39 is 24.3 Å². The van der Waals surface area contributed by atoms with Crippen LogP contribution < -0.4 is 15.5 Å². The molecule has 0 saturated carbocycles. The van der Waals surface area contributed by atoms with Gasteiger partial charge < -0.3 is 45.1 Å². The lowest BCUT2D eigenvalue weighted by Gasteiger charge is -2.33. The Labute approximate surface area is 373 Å². The lowest BCUT2D eigenvalue weighted by Crippen LogP contribution is -2.51. The number of anilines is 1. The summed E-state index contributed by atoms with van der Waals surface area (Å²) in [7, 11) is 1.30. The number of fused-ring (bicyclic) bond motifs is 2. The number of ether oxygens (including phenoxy) is 1. The number of carboxylic acid groups (broad SMARTS) is 1. The second-order valence-corrected chi connectivity index (χ2v) is 19.4. The fourth-order valence-corrected chi connectivity index (χ4v) is 9.96. The topological polar surface area (TPSA) is 202 Å². The van der Waals surface area contributed by atoms with E-state index in [1.807, 2.05) is 44.9 Å². The number of hydrogen-bond donors (Lipinski definition) is 5. The van der Waals surface area contributed by atoms with Gasteiger partial charge in [-0.2, -0.15) is 0 Å². The van der Waals surface area contributed by atoms with Gasteiger partial charge in [0.05, 0.1) is 65.2 Å². The quantitative estimate of drug-likeness (QED) is 0.0861. The number of aromatic nitrogens is 5. The number of benzene rings is 2. The smallest absolute Gasteiger partial charge is 0.407 e. The highest BCUT2D eigenvalue weighted by Gasteiger charge is 2.40. The third-order valence-corrected chi connectivity index (χ3v) is 13.3. The van der Waals surface area contributed by atoms with Crippen LogP contribution in [-0.2, 0) is 19.7 Å². The zero-order chi connectivity index (χ0) is 45.6. The molecule has 3 fully saturated rings. The van der Waals surface area contributed by atoms with E-state index in [0.717, 1.165) is 88.9 Å². The largest absolute Gasteiger partial charge is 0.465 e. The summed E-state index contributed by atoms with van der Waals surface area (Å²) in [6.07, 6.45) is 5.05. The van der Waals surface area contributed by atoms with Crippen LogP contribution in [0.5, 0.6) is 0 Å². The second kappa shape index (κ2) is 17.8. The zero-order valence-electron chi connectivity index (χ0n) is 38.1. The fraction of sp³-hybridized carbons (Fsp3) is 0.521. The third kappa shape index (κ3) is 8.70. The number of likely N-dealkylation sites (tertiary alicyclic amines) is 2. The molecular formula is C48H62N10O6. The third-order valence-electron chi connectivity index (χ3n) is 13.3. The van der Waals surface area contributed by atoms with Crippen molar-refractivity contribution < 1.29 is 29.0 Å². The van der Waals surface area contributed by atoms with Crippen LogP contribution in [-0.4, -0.2) is 96.1 Å². The highest BCUT2D eigenvalue weighted by atomic mass is 16.5. The van der Waals surface area contributed by atoms with Crippen molar-refractivity contribution in [1.29, 1.82) is 0 Å². The molecule has 4 amide bonds. The number of alkyl carbamates (subject to hydrolysis) is 1. The van der Waals surface area contributed by atoms with Gasteiger partial charge in [-0.15, -0.1) is 0 Å². The van der Waals surface area contributed by atoms with E-state index in [4.69, 9.17) is 19.7 Å². The van der Waals surface area contributed by atoms with E-state index >= 15 is 0 Å². The Kier molecular flexibility index (Phi) is 12.3. The molecule has 8 rings (SSSR count). The Hall–Kier alpha value is -6.19. The SMILES string of the molecule is COC(=O)N[C@H](C(=O)N1CCC[C@H]1c1nc2ccc([C@H]3CC[C@H](c4ccc5nc([C@@H]6CCCN6C(=O)[C@@H](NC(=O)O)C(C)C)[nH]c5c4)N3c3ccc(C(C)(C)C)nc3)cc2[nH]1)C(C)C. The molecule has 16 nitrogen and oxygen atoms in total. The van der Waals surface area contributed by atoms with Gasteiger partial charge >= 0.3 is 12.2 Å². The van der Waals surface area contributed by atoms with E-state index in [1.165, 1.54) is 7.11 Å². The van der Waals surface area contributed by atoms with Crippen molar-refractivity contribution in [2.75, 3.05) is 25.1 Å². The number of methoxy groups -OCH3 is 1. The number of nitrogens with one attached hydrogen (secondary N) is 4. The second-order valence-electron chi connectivity index (χ2n) is 19.4. The van der Waals surface area contributed by atoms with Crippen LogP contribution in [0, 0.1) is 11.8 Å². The predicted octanol–water partition coefficient (Wildman–Crippen LogP) is 8.21. The van der Waals surface area contributed by atoms with Crippen LogP contribution in [0.4, 0.5) is 15.3 Å². The minimum absolute atomic E-state index is 0.0143. The normalized spacial score (nSPS) is 21.3. The minimum Gasteiger partial charge on any atom is -0.465 e. The van der Waals surface area contributed by atoms with Gasteiger partial charge in [0.25, 0.3) is 0 Å². The number of pyridine rings is 1. The first-order valence-electron chi connectivity index (χ1n) is 22.7. The highest BCUT2D eigenvalue weighted by molar-refractivity contribution is 5.87. The van der Waals surface area contributed by atoms with E-state index in [-0.39, 0.29) is 53.2 Å². The molecule has 6 heterocycles. The highest BCUT2D eigenvalue weighted by Crippen LogP contribution is 2.48. The number of carbonyl (C=O) groups excluding carboxylic acids is 3. The summed E-state index contributed by atoms with van der Waals surface area (Å²) >= 11 is 0. The molecule has 0 unspecified atom stereocenters. The molecular weight excluding hydrogens is 813 g/mol. The average molecular weight is 875 g/mol. The van der Waals surface area contributed by atoms with Gasteiger partial charge in [-0.25, -0.2) is 19.6 Å². The van der Waals surface area contributed by atoms with Crippen LogP contribution in [0.3, 0.4) is 0 Å². The number of H-pyrrole nitrogens is 2. The maximum absolute atomic E-state index is 13.9. The first-order chi connectivity index (χ1) is 30.5. The van der Waals surface area contributed by atoms with Gasteiger partial charge in [0.1, 0.15) is 23.7 Å². The number of hydrogen-bond acceptors (Lipinski definition) is 9. The van der Waals surface area contributed by atoms with Crippen molar-refractivity contribution >= 4 is 51.8 Å². The lowest BCUT2D eigenvalue weighted by atomic mass is 9.91. The van der Waals surface area contributed by atoms with Crippen molar-refractivity contribution in [2.45, 2.75) is 129 Å². The number of aromatic amines is 2. The molecule has 3 aromatic heterocycles. The Bertz CT molecular complexity index is 2530. The van der Waals surface area contributed by atoms with Crippen LogP contribution in [0.15, 0.2) is 54.7 Å². The summed E-state index contributed by atoms with van der Waals surface area (Å²) in [6.45, 7) is 15.1. The first kappa shape index (κ1) is 44.4. The fourth-order valence-electron chi connectivity index (χ4n) is 9.96. The molecule has 0 spiro atoms. The van der Waals surface area contributed by atoms with Crippen LogP contribution in [0.25, 0.3) is 22.1 Å². The molecule has 16 heteroatoms. The van der Waals surface area contributed by atoms with E-state index in [9.17, 15) is 24.3 Å². The predicted molar refractivity (Wildman–Crippen MR) is 244 cm³/mol. The Morgan fingerprint density at radius 1 is 0.719 bits per heavy atom. The molecule has 0 aliphatic carbocycles. The number of amides is 4. The molecule has 0 radical (unpaired) electrons. The summed E-state index contributed by atoms with van der Waals surface area (Å²) in [5.41, 5.74) is 7.61. The molecule has 5 N–H and O–H groups in total. The van der Waals surface area contributed by atoms with Crippen molar-refractivity contribution in [3.8, 4) is 0 Å². The Morgan fingerprint density at radius 3 is 1.64 bits per heavy atom. The Balaban J connectivity index is 1.09. The molecule has 5 aromatic rings. The molecule has 3 aliphatic rings. The van der Waals surface area contributed by atoms with Gasteiger partial charge in [-0.3, -0.25) is 14.6 Å². The van der Waals surface area contributed by atoms with Crippen LogP contribution in [0.2, 0.25) is 0 Å². The molecule has 2 aromatic carbocycles. The van der Waals surface area contributed by atoms with Gasteiger partial charge in [0.2, 0.25) is 11.8 Å². The van der Waals surface area contributed by atoms with Gasteiger partial charge in [-0.05, 0) is 97.9 Å². The molecule has 3 aliphatic heterocycles. The number of nitrogens with zero attached hydrogens (tertiary/aromatic N) is 6. The van der Waals surface area contributed by atoms with Gasteiger partial charge in [0, 0.05) is 24.2 Å². The van der Waals surface area contributed by atoms with Crippen LogP contribution in [0.1, 0.15) is 140 Å². The summed E-state index contributed by atoms with van der Waals surface area (Å²) in [5, 5.41) is 14.6. The van der Waals surface area contributed by atoms with Crippen molar-refractivity contribution in [2.24, 2.45) is 11.8 Å². The molecule has 340 valence electrons. The Morgan fingerprint density at radius 2 is 1.22 bits per heavy atom. The molecule has 3 saturated heterocycles. The summed E-state index contributed by atoms with van der Waals surface area (Å²) in [6, 6.07) is 15.0. The maximum Gasteiger partial charge on any atom is 0.407 e. The average Bonchev–Trinajstić information content (AvgIpc) is 4.11. The van der Waals surface area contributed by atoms with Crippen molar-refractivity contribution in [3.05, 3.63) is 83.2 Å². The van der Waals surface area contributed by atoms with Crippen molar-refractivity contribution in [1.82, 2.24) is 45.4 Å². The summed E-state index contributed by atoms with van der Waals surface area (Å²) in [4.78, 5) is 79.5.